The van der Waals surface area contributed by atoms with E-state index < -0.39 is 11.8 Å². The van der Waals surface area contributed by atoms with E-state index in [9.17, 15) is 14.7 Å². The quantitative estimate of drug-likeness (QED) is 0.147. The lowest BCUT2D eigenvalue weighted by atomic mass is 9.69. The second-order valence-electron chi connectivity index (χ2n) is 11.8. The van der Waals surface area contributed by atoms with Gasteiger partial charge in [0.15, 0.2) is 0 Å². The highest BCUT2D eigenvalue weighted by atomic mass is 32.1. The molecule has 45 heavy (non-hydrogen) atoms. The number of aliphatic hydroxyl groups is 1. The van der Waals surface area contributed by atoms with Crippen LogP contribution in [0.2, 0.25) is 0 Å². The van der Waals surface area contributed by atoms with Crippen LogP contribution < -0.4 is 4.74 Å². The first-order chi connectivity index (χ1) is 22.1. The van der Waals surface area contributed by atoms with Gasteiger partial charge in [0.05, 0.1) is 31.1 Å². The number of amides is 2. The molecule has 2 aromatic carbocycles. The van der Waals surface area contributed by atoms with Gasteiger partial charge in [0.2, 0.25) is 11.8 Å². The fourth-order valence-corrected chi connectivity index (χ4v) is 7.73. The highest BCUT2D eigenvalue weighted by Crippen LogP contribution is 2.50. The van der Waals surface area contributed by atoms with E-state index in [0.717, 1.165) is 32.9 Å². The van der Waals surface area contributed by atoms with Gasteiger partial charge in [0.1, 0.15) is 30.5 Å². The molecule has 8 heteroatoms. The number of likely N-dealkylation sites (tertiary alicyclic amines) is 1. The van der Waals surface area contributed by atoms with Crippen LogP contribution in [0.5, 0.6) is 5.75 Å². The van der Waals surface area contributed by atoms with Gasteiger partial charge in [-0.05, 0) is 83.3 Å². The van der Waals surface area contributed by atoms with Gasteiger partial charge in [-0.15, -0.1) is 11.3 Å². The first-order valence-corrected chi connectivity index (χ1v) is 16.3. The Hall–Kier alpha value is -4.24. The molecule has 4 heterocycles. The maximum Gasteiger partial charge on any atom is 0.234 e. The molecule has 1 aliphatic carbocycles. The molecule has 230 valence electrons. The standard InChI is InChI=1S/C37H35NO6S/c39-21-29-15-14-28(44-29)18-25(24-8-3-1-4-9-24)13-16-33-34-26(22-42-27-10-5-2-6-11-27)19-31-35(32(34)23-43-33)37(41)38(36(31)40)20-30-12-7-17-45-30/h1-12,14-15,17-18,31-33,35,39H,13,16,19-23H2/b25-18-/t31-,32+,33-,35-/m1/s1. The maximum absolute atomic E-state index is 13.9. The lowest BCUT2D eigenvalue weighted by Crippen LogP contribution is -2.35. The zero-order valence-electron chi connectivity index (χ0n) is 24.8. The van der Waals surface area contributed by atoms with Gasteiger partial charge in [-0.1, -0.05) is 54.6 Å². The highest BCUT2D eigenvalue weighted by molar-refractivity contribution is 7.09. The van der Waals surface area contributed by atoms with E-state index in [0.29, 0.717) is 50.5 Å². The number of hydrogen-bond donors (Lipinski definition) is 1. The molecular formula is C37H35NO6S. The van der Waals surface area contributed by atoms with E-state index >= 15 is 0 Å². The van der Waals surface area contributed by atoms with Gasteiger partial charge in [-0.3, -0.25) is 14.5 Å². The predicted molar refractivity (Wildman–Crippen MR) is 172 cm³/mol. The summed E-state index contributed by atoms with van der Waals surface area (Å²) in [5.41, 5.74) is 4.36. The third-order valence-corrected chi connectivity index (χ3v) is 9.99. The maximum atomic E-state index is 13.9. The van der Waals surface area contributed by atoms with E-state index in [2.05, 4.69) is 12.1 Å². The summed E-state index contributed by atoms with van der Waals surface area (Å²) in [4.78, 5) is 30.0. The molecule has 0 bridgehead atoms. The Kier molecular flexibility index (Phi) is 8.52. The number of allylic oxidation sites excluding steroid dienone is 1. The van der Waals surface area contributed by atoms with E-state index in [4.69, 9.17) is 13.9 Å². The molecule has 1 N–H and O–H groups in total. The van der Waals surface area contributed by atoms with Crippen molar-refractivity contribution in [1.82, 2.24) is 4.90 Å². The monoisotopic (exact) mass is 621 g/mol. The summed E-state index contributed by atoms with van der Waals surface area (Å²) in [6.07, 6.45) is 3.72. The lowest BCUT2D eigenvalue weighted by molar-refractivity contribution is -0.140. The number of aliphatic hydroxyl groups excluding tert-OH is 1. The minimum Gasteiger partial charge on any atom is -0.489 e. The molecule has 7 rings (SSSR count). The molecule has 0 spiro atoms. The molecule has 2 amide bonds. The third kappa shape index (κ3) is 6.06. The summed E-state index contributed by atoms with van der Waals surface area (Å²) in [5, 5.41) is 11.5. The van der Waals surface area contributed by atoms with Crippen molar-refractivity contribution < 1.29 is 28.6 Å². The zero-order valence-corrected chi connectivity index (χ0v) is 25.7. The smallest absolute Gasteiger partial charge is 0.234 e. The molecule has 2 saturated heterocycles. The Bertz CT molecular complexity index is 1710. The van der Waals surface area contributed by atoms with Gasteiger partial charge in [0.25, 0.3) is 0 Å². The summed E-state index contributed by atoms with van der Waals surface area (Å²) in [7, 11) is 0. The number of hydrogen-bond acceptors (Lipinski definition) is 7. The summed E-state index contributed by atoms with van der Waals surface area (Å²) in [6, 6.07) is 27.4. The molecule has 0 saturated carbocycles. The summed E-state index contributed by atoms with van der Waals surface area (Å²) in [5.74, 6) is 0.815. The van der Waals surface area contributed by atoms with Crippen LogP contribution in [0.4, 0.5) is 0 Å². The Morgan fingerprint density at radius 1 is 0.956 bits per heavy atom. The normalized spacial score (nSPS) is 23.0. The highest BCUT2D eigenvalue weighted by Gasteiger charge is 2.57. The SMILES string of the molecule is O=C1[C@@H]2[C@@H](CC(COc3ccccc3)=C3[C@@H](CC/C(=C/c4ccc(CO)o4)c4ccccc4)OC[C@@H]32)C(=O)N1Cc1cccs1. The van der Waals surface area contributed by atoms with Crippen LogP contribution in [0.25, 0.3) is 11.6 Å². The fourth-order valence-electron chi connectivity index (χ4n) is 7.04. The second kappa shape index (κ2) is 13.0. The summed E-state index contributed by atoms with van der Waals surface area (Å²) < 4.78 is 18.5. The van der Waals surface area contributed by atoms with Crippen LogP contribution in [-0.4, -0.2) is 41.1 Å². The number of imide groups is 1. The Morgan fingerprint density at radius 2 is 1.76 bits per heavy atom. The topological polar surface area (TPSA) is 89.2 Å². The van der Waals surface area contributed by atoms with Crippen molar-refractivity contribution in [3.8, 4) is 5.75 Å². The molecule has 0 radical (unpaired) electrons. The molecule has 4 aromatic rings. The number of fused-ring (bicyclic) bond motifs is 3. The van der Waals surface area contributed by atoms with Crippen LogP contribution >= 0.6 is 11.3 Å². The average molecular weight is 622 g/mol. The number of rotatable bonds is 11. The van der Waals surface area contributed by atoms with Gasteiger partial charge in [0, 0.05) is 10.8 Å². The molecule has 4 atom stereocenters. The Morgan fingerprint density at radius 3 is 2.49 bits per heavy atom. The van der Waals surface area contributed by atoms with Gasteiger partial charge in [-0.2, -0.15) is 0 Å². The van der Waals surface area contributed by atoms with Crippen LogP contribution in [0.1, 0.15) is 41.2 Å². The van der Waals surface area contributed by atoms with E-state index in [1.807, 2.05) is 78.2 Å². The molecule has 7 nitrogen and oxygen atoms in total. The molecule has 3 aliphatic rings. The molecule has 0 unspecified atom stereocenters. The molecule has 2 fully saturated rings. The number of carbonyl (C=O) groups is 2. The van der Waals surface area contributed by atoms with Crippen LogP contribution in [0.15, 0.2) is 106 Å². The van der Waals surface area contributed by atoms with Crippen molar-refractivity contribution >= 4 is 34.8 Å². The number of thiophene rings is 1. The third-order valence-electron chi connectivity index (χ3n) is 9.12. The van der Waals surface area contributed by atoms with E-state index in [1.54, 1.807) is 17.4 Å². The van der Waals surface area contributed by atoms with Crippen LogP contribution in [0, 0.1) is 17.8 Å². The fraction of sp³-hybridized carbons (Fsp3) is 0.297. The average Bonchev–Trinajstić information content (AvgIpc) is 3.89. The zero-order chi connectivity index (χ0) is 30.8. The largest absolute Gasteiger partial charge is 0.489 e. The number of furan rings is 1. The van der Waals surface area contributed by atoms with Gasteiger partial charge >= 0.3 is 0 Å². The van der Waals surface area contributed by atoms with Crippen molar-refractivity contribution in [3.05, 3.63) is 123 Å². The summed E-state index contributed by atoms with van der Waals surface area (Å²) >= 11 is 1.56. The lowest BCUT2D eigenvalue weighted by Gasteiger charge is -2.32. The summed E-state index contributed by atoms with van der Waals surface area (Å²) in [6.45, 7) is 0.926. The van der Waals surface area contributed by atoms with Gasteiger partial charge < -0.3 is 19.0 Å². The number of benzene rings is 2. The minimum absolute atomic E-state index is 0.0874. The van der Waals surface area contributed by atoms with Crippen LogP contribution in [0.3, 0.4) is 0 Å². The number of para-hydroxylation sites is 1. The number of nitrogens with zero attached hydrogens (tertiary/aromatic N) is 1. The first-order valence-electron chi connectivity index (χ1n) is 15.4. The molecule has 2 aliphatic heterocycles. The second-order valence-corrected chi connectivity index (χ2v) is 12.8. The number of ether oxygens (including phenoxy) is 2. The van der Waals surface area contributed by atoms with Crippen molar-refractivity contribution in [2.75, 3.05) is 13.2 Å². The minimum atomic E-state index is -0.415. The van der Waals surface area contributed by atoms with Crippen molar-refractivity contribution in [2.24, 2.45) is 17.8 Å². The first kappa shape index (κ1) is 29.5. The molecule has 2 aromatic heterocycles. The van der Waals surface area contributed by atoms with Crippen molar-refractivity contribution in [2.45, 2.75) is 38.5 Å². The Balaban J connectivity index is 1.17. The Labute approximate surface area is 266 Å². The van der Waals surface area contributed by atoms with Crippen molar-refractivity contribution in [1.29, 1.82) is 0 Å². The van der Waals surface area contributed by atoms with E-state index in [1.165, 1.54) is 4.90 Å². The molecular weight excluding hydrogens is 586 g/mol. The predicted octanol–water partition coefficient (Wildman–Crippen LogP) is 6.75. The van der Waals surface area contributed by atoms with Crippen molar-refractivity contribution in [3.63, 3.8) is 0 Å². The number of carbonyl (C=O) groups excluding carboxylic acids is 2. The van der Waals surface area contributed by atoms with E-state index in [-0.39, 0.29) is 30.4 Å². The van der Waals surface area contributed by atoms with Gasteiger partial charge in [-0.25, -0.2) is 0 Å². The van der Waals surface area contributed by atoms with Crippen LogP contribution in [-0.2, 0) is 27.5 Å².